The van der Waals surface area contributed by atoms with Gasteiger partial charge in [-0.1, -0.05) is 30.0 Å². The Balaban J connectivity index is 1.83. The van der Waals surface area contributed by atoms with Crippen molar-refractivity contribution in [2.45, 2.75) is 24.3 Å². The fourth-order valence-electron chi connectivity index (χ4n) is 2.50. The normalized spacial score (nSPS) is 12.0. The minimum atomic E-state index is -0.531. The number of para-hydroxylation sites is 1. The van der Waals surface area contributed by atoms with Crippen LogP contribution >= 0.6 is 11.8 Å². The number of nitrogen functional groups attached to an aromatic ring is 1. The van der Waals surface area contributed by atoms with Crippen molar-refractivity contribution in [2.24, 2.45) is 7.05 Å². The molecule has 3 aromatic rings. The summed E-state index contributed by atoms with van der Waals surface area (Å²) in [5.41, 5.74) is 6.85. The Morgan fingerprint density at radius 2 is 1.96 bits per heavy atom. The number of carbonyl (C=O) groups is 1. The molecule has 0 aliphatic heterocycles. The lowest BCUT2D eigenvalue weighted by molar-refractivity contribution is -0.115. The molecule has 1 atom stereocenters. The number of hydrogen-bond acceptors (Lipinski definition) is 7. The van der Waals surface area contributed by atoms with E-state index < -0.39 is 5.25 Å². The molecule has 10 heteroatoms. The first-order valence-corrected chi connectivity index (χ1v) is 9.02. The maximum absolute atomic E-state index is 12.8. The van der Waals surface area contributed by atoms with Crippen LogP contribution in [0.3, 0.4) is 0 Å². The third kappa shape index (κ3) is 3.85. The molecule has 2 heterocycles. The average molecular weight is 385 g/mol. The van der Waals surface area contributed by atoms with Crippen molar-refractivity contribution in [1.82, 2.24) is 24.3 Å². The van der Waals surface area contributed by atoms with Crippen LogP contribution in [0.25, 0.3) is 5.69 Å². The van der Waals surface area contributed by atoms with Gasteiger partial charge in [0.05, 0.1) is 16.6 Å². The van der Waals surface area contributed by atoms with Crippen molar-refractivity contribution in [3.05, 3.63) is 52.7 Å². The summed E-state index contributed by atoms with van der Waals surface area (Å²) >= 11 is 1.13. The molecule has 0 aliphatic carbocycles. The number of amides is 1. The van der Waals surface area contributed by atoms with Crippen LogP contribution < -0.4 is 16.6 Å². The molecule has 0 saturated heterocycles. The minimum Gasteiger partial charge on any atom is -0.368 e. The van der Waals surface area contributed by atoms with Gasteiger partial charge in [0.25, 0.3) is 5.56 Å². The van der Waals surface area contributed by atoms with E-state index in [1.54, 1.807) is 25.6 Å². The van der Waals surface area contributed by atoms with E-state index in [0.29, 0.717) is 10.9 Å². The lowest BCUT2D eigenvalue weighted by Gasteiger charge is -2.10. The summed E-state index contributed by atoms with van der Waals surface area (Å²) in [6.07, 6.45) is 1.29. The molecule has 2 aromatic heterocycles. The summed E-state index contributed by atoms with van der Waals surface area (Å²) in [6, 6.07) is 9.23. The largest absolute Gasteiger partial charge is 0.368 e. The van der Waals surface area contributed by atoms with Gasteiger partial charge < -0.3 is 11.1 Å². The molecule has 140 valence electrons. The van der Waals surface area contributed by atoms with Gasteiger partial charge in [0, 0.05) is 7.05 Å². The highest BCUT2D eigenvalue weighted by atomic mass is 32.2. The van der Waals surface area contributed by atoms with Crippen LogP contribution in [0.1, 0.15) is 12.6 Å². The lowest BCUT2D eigenvalue weighted by atomic mass is 10.3. The summed E-state index contributed by atoms with van der Waals surface area (Å²) < 4.78 is 3.22. The average Bonchev–Trinajstić information content (AvgIpc) is 2.85. The number of anilines is 2. The van der Waals surface area contributed by atoms with Crippen molar-refractivity contribution in [2.75, 3.05) is 11.1 Å². The van der Waals surface area contributed by atoms with Gasteiger partial charge in [0.1, 0.15) is 12.0 Å². The van der Waals surface area contributed by atoms with Gasteiger partial charge in [-0.15, -0.1) is 0 Å². The standard InChI is InChI=1S/C17H19N7O2S/c1-10-13(15(26)24(23(10)3)12-7-5-4-6-8-12)21-14(25)11(2)27-17-20-9-19-16(18)22-17/h4-9,11H,1-3H3,(H,21,25)(H2,18,19,20,22). The number of aromatic nitrogens is 5. The molecule has 3 rings (SSSR count). The van der Waals surface area contributed by atoms with Crippen LogP contribution in [-0.4, -0.2) is 35.5 Å². The van der Waals surface area contributed by atoms with E-state index >= 15 is 0 Å². The molecular weight excluding hydrogens is 366 g/mol. The Labute approximate surface area is 159 Å². The predicted molar refractivity (Wildman–Crippen MR) is 104 cm³/mol. The first-order valence-electron chi connectivity index (χ1n) is 8.14. The number of nitrogens with zero attached hydrogens (tertiary/aromatic N) is 5. The Bertz CT molecular complexity index is 1030. The van der Waals surface area contributed by atoms with Gasteiger partial charge in [-0.25, -0.2) is 14.6 Å². The highest BCUT2D eigenvalue weighted by Crippen LogP contribution is 2.21. The first-order chi connectivity index (χ1) is 12.9. The molecular formula is C17H19N7O2S. The molecule has 0 aliphatic rings. The smallest absolute Gasteiger partial charge is 0.295 e. The van der Waals surface area contributed by atoms with Crippen LogP contribution in [0.5, 0.6) is 0 Å². The Kier molecular flexibility index (Phi) is 5.26. The summed E-state index contributed by atoms with van der Waals surface area (Å²) in [5.74, 6) is -0.241. The van der Waals surface area contributed by atoms with Gasteiger partial charge in [-0.3, -0.25) is 14.3 Å². The molecule has 0 fully saturated rings. The van der Waals surface area contributed by atoms with Gasteiger partial charge in [0.15, 0.2) is 5.16 Å². The van der Waals surface area contributed by atoms with E-state index in [9.17, 15) is 9.59 Å². The van der Waals surface area contributed by atoms with Gasteiger partial charge in [-0.2, -0.15) is 4.98 Å². The van der Waals surface area contributed by atoms with Crippen molar-refractivity contribution in [3.63, 3.8) is 0 Å². The summed E-state index contributed by atoms with van der Waals surface area (Å²) in [5, 5.41) is 2.54. The van der Waals surface area contributed by atoms with Crippen LogP contribution in [0, 0.1) is 6.92 Å². The molecule has 1 aromatic carbocycles. The quantitative estimate of drug-likeness (QED) is 0.636. The number of nitrogens with one attached hydrogen (secondary N) is 1. The highest BCUT2D eigenvalue weighted by molar-refractivity contribution is 8.00. The third-order valence-corrected chi connectivity index (χ3v) is 5.00. The molecule has 0 saturated carbocycles. The van der Waals surface area contributed by atoms with Crippen molar-refractivity contribution >= 4 is 29.3 Å². The van der Waals surface area contributed by atoms with Crippen molar-refractivity contribution < 1.29 is 4.79 Å². The summed E-state index contributed by atoms with van der Waals surface area (Å²) in [4.78, 5) is 37.1. The second-order valence-electron chi connectivity index (χ2n) is 5.81. The van der Waals surface area contributed by atoms with E-state index in [2.05, 4.69) is 20.3 Å². The molecule has 27 heavy (non-hydrogen) atoms. The maximum Gasteiger partial charge on any atom is 0.295 e. The fraction of sp³-hybridized carbons (Fsp3) is 0.235. The first kappa shape index (κ1) is 18.6. The van der Waals surface area contributed by atoms with Crippen molar-refractivity contribution in [1.29, 1.82) is 0 Å². The van der Waals surface area contributed by atoms with Crippen LogP contribution in [0.2, 0.25) is 0 Å². The number of benzene rings is 1. The molecule has 9 nitrogen and oxygen atoms in total. The Morgan fingerprint density at radius 3 is 2.63 bits per heavy atom. The molecule has 0 radical (unpaired) electrons. The van der Waals surface area contributed by atoms with E-state index in [0.717, 1.165) is 17.4 Å². The lowest BCUT2D eigenvalue weighted by Crippen LogP contribution is -2.27. The molecule has 1 unspecified atom stereocenters. The van der Waals surface area contributed by atoms with Gasteiger partial charge in [0.2, 0.25) is 11.9 Å². The number of rotatable bonds is 5. The van der Waals surface area contributed by atoms with Crippen LogP contribution in [0.4, 0.5) is 11.6 Å². The van der Waals surface area contributed by atoms with E-state index in [-0.39, 0.29) is 23.1 Å². The predicted octanol–water partition coefficient (Wildman–Crippen LogP) is 1.37. The Morgan fingerprint density at radius 1 is 1.26 bits per heavy atom. The van der Waals surface area contributed by atoms with E-state index in [1.807, 2.05) is 30.3 Å². The zero-order valence-corrected chi connectivity index (χ0v) is 15.9. The van der Waals surface area contributed by atoms with Gasteiger partial charge in [-0.05, 0) is 26.0 Å². The number of nitrogens with two attached hydrogens (primary N) is 1. The SMILES string of the molecule is Cc1c(NC(=O)C(C)Sc2ncnc(N)n2)c(=O)n(-c2ccccc2)n1C. The summed E-state index contributed by atoms with van der Waals surface area (Å²) in [7, 11) is 1.77. The number of thioether (sulfide) groups is 1. The van der Waals surface area contributed by atoms with Crippen molar-refractivity contribution in [3.8, 4) is 5.69 Å². The highest BCUT2D eigenvalue weighted by Gasteiger charge is 2.22. The fourth-order valence-corrected chi connectivity index (χ4v) is 3.24. The Hall–Kier alpha value is -3.14. The monoisotopic (exact) mass is 385 g/mol. The summed E-state index contributed by atoms with van der Waals surface area (Å²) in [6.45, 7) is 3.48. The zero-order chi connectivity index (χ0) is 19.6. The van der Waals surface area contributed by atoms with E-state index in [4.69, 9.17) is 5.73 Å². The molecule has 3 N–H and O–H groups in total. The third-order valence-electron chi connectivity index (χ3n) is 4.02. The zero-order valence-electron chi connectivity index (χ0n) is 15.1. The number of carbonyl (C=O) groups excluding carboxylic acids is 1. The van der Waals surface area contributed by atoms with Crippen LogP contribution in [-0.2, 0) is 11.8 Å². The maximum atomic E-state index is 12.8. The van der Waals surface area contributed by atoms with E-state index in [1.165, 1.54) is 11.0 Å². The topological polar surface area (TPSA) is 121 Å². The van der Waals surface area contributed by atoms with Crippen LogP contribution in [0.15, 0.2) is 46.6 Å². The number of hydrogen-bond donors (Lipinski definition) is 2. The van der Waals surface area contributed by atoms with Gasteiger partial charge >= 0.3 is 0 Å². The molecule has 0 spiro atoms. The second kappa shape index (κ2) is 7.62. The molecule has 0 bridgehead atoms. The second-order valence-corrected chi connectivity index (χ2v) is 7.12. The molecule has 1 amide bonds. The minimum absolute atomic E-state index is 0.0877.